The number of pyridine rings is 1. The van der Waals surface area contributed by atoms with E-state index in [2.05, 4.69) is 31.3 Å². The van der Waals surface area contributed by atoms with Crippen LogP contribution >= 0.6 is 15.9 Å². The van der Waals surface area contributed by atoms with Crippen LogP contribution in [0.25, 0.3) is 5.82 Å². The number of carbonyl (C=O) groups excluding carboxylic acids is 1. The van der Waals surface area contributed by atoms with Crippen molar-refractivity contribution in [1.82, 2.24) is 20.1 Å². The van der Waals surface area contributed by atoms with Crippen LogP contribution in [0, 0.1) is 0 Å². The fourth-order valence-electron chi connectivity index (χ4n) is 1.81. The molecule has 1 N–H and O–H groups in total. The third kappa shape index (κ3) is 3.19. The zero-order chi connectivity index (χ0) is 14.7. The smallest absolute Gasteiger partial charge is 0.287 e. The summed E-state index contributed by atoms with van der Waals surface area (Å²) in [5.41, 5.74) is 0.925. The molecule has 0 radical (unpaired) electrons. The molecule has 3 aromatic heterocycles. The SMILES string of the molecule is O=C(NCc1ccnc(-n2cccn2)c1)c1ccc(Br)o1. The Morgan fingerprint density at radius 1 is 1.33 bits per heavy atom. The molecule has 0 spiro atoms. The zero-order valence-corrected chi connectivity index (χ0v) is 12.4. The van der Waals surface area contributed by atoms with Crippen LogP contribution in [0.3, 0.4) is 0 Å². The van der Waals surface area contributed by atoms with Gasteiger partial charge in [0, 0.05) is 25.1 Å². The summed E-state index contributed by atoms with van der Waals surface area (Å²) in [5, 5.41) is 6.91. The van der Waals surface area contributed by atoms with Gasteiger partial charge in [0.2, 0.25) is 0 Å². The molecule has 3 heterocycles. The van der Waals surface area contributed by atoms with Gasteiger partial charge in [-0.3, -0.25) is 4.79 Å². The maximum atomic E-state index is 11.9. The average molecular weight is 347 g/mol. The number of amides is 1. The molecule has 0 aliphatic heterocycles. The van der Waals surface area contributed by atoms with Crippen LogP contribution in [0.5, 0.6) is 0 Å². The van der Waals surface area contributed by atoms with Gasteiger partial charge in [0.05, 0.1) is 0 Å². The monoisotopic (exact) mass is 346 g/mol. The van der Waals surface area contributed by atoms with Crippen LogP contribution < -0.4 is 5.32 Å². The quantitative estimate of drug-likeness (QED) is 0.787. The summed E-state index contributed by atoms with van der Waals surface area (Å²) in [4.78, 5) is 16.1. The lowest BCUT2D eigenvalue weighted by atomic mass is 10.2. The van der Waals surface area contributed by atoms with Gasteiger partial charge in [0.1, 0.15) is 0 Å². The molecule has 0 bridgehead atoms. The van der Waals surface area contributed by atoms with E-state index >= 15 is 0 Å². The Balaban J connectivity index is 1.68. The predicted molar refractivity (Wildman–Crippen MR) is 78.9 cm³/mol. The summed E-state index contributed by atoms with van der Waals surface area (Å²) >= 11 is 3.16. The molecule has 1 amide bonds. The molecular weight excluding hydrogens is 336 g/mol. The highest BCUT2D eigenvalue weighted by Crippen LogP contribution is 2.14. The third-order valence-corrected chi connectivity index (χ3v) is 3.23. The van der Waals surface area contributed by atoms with Crippen molar-refractivity contribution in [2.75, 3.05) is 0 Å². The molecule has 3 aromatic rings. The van der Waals surface area contributed by atoms with E-state index in [4.69, 9.17) is 4.42 Å². The molecule has 7 heteroatoms. The minimum Gasteiger partial charge on any atom is -0.444 e. The van der Waals surface area contributed by atoms with Gasteiger partial charge in [-0.05, 0) is 51.8 Å². The van der Waals surface area contributed by atoms with Crippen molar-refractivity contribution in [3.05, 3.63) is 64.9 Å². The minimum atomic E-state index is -0.266. The molecule has 0 unspecified atom stereocenters. The van der Waals surface area contributed by atoms with Gasteiger partial charge >= 0.3 is 0 Å². The van der Waals surface area contributed by atoms with Crippen molar-refractivity contribution in [3.8, 4) is 5.82 Å². The van der Waals surface area contributed by atoms with Crippen molar-refractivity contribution >= 4 is 21.8 Å². The molecule has 21 heavy (non-hydrogen) atoms. The first-order valence-electron chi connectivity index (χ1n) is 6.21. The standard InChI is InChI=1S/C14H11BrN4O2/c15-12-3-2-11(21-12)14(20)17-9-10-4-6-16-13(8-10)19-7-1-5-18-19/h1-8H,9H2,(H,17,20). The molecule has 0 saturated heterocycles. The first kappa shape index (κ1) is 13.6. The Morgan fingerprint density at radius 2 is 2.24 bits per heavy atom. The van der Waals surface area contributed by atoms with Gasteiger partial charge in [-0.1, -0.05) is 0 Å². The summed E-state index contributed by atoms with van der Waals surface area (Å²) in [5.74, 6) is 0.703. The van der Waals surface area contributed by atoms with Crippen molar-refractivity contribution in [1.29, 1.82) is 0 Å². The Morgan fingerprint density at radius 3 is 2.95 bits per heavy atom. The number of rotatable bonds is 4. The van der Waals surface area contributed by atoms with E-state index in [9.17, 15) is 4.79 Å². The minimum absolute atomic E-state index is 0.266. The third-order valence-electron chi connectivity index (χ3n) is 2.80. The van der Waals surface area contributed by atoms with Crippen LogP contribution in [0.15, 0.2) is 58.0 Å². The molecule has 3 rings (SSSR count). The Bertz CT molecular complexity index is 752. The first-order chi connectivity index (χ1) is 10.2. The molecule has 0 fully saturated rings. The van der Waals surface area contributed by atoms with Crippen LogP contribution in [0.2, 0.25) is 0 Å². The van der Waals surface area contributed by atoms with E-state index in [0.717, 1.165) is 5.56 Å². The fraction of sp³-hybridized carbons (Fsp3) is 0.0714. The lowest BCUT2D eigenvalue weighted by molar-refractivity contribution is 0.0922. The van der Waals surface area contributed by atoms with Gasteiger partial charge in [-0.25, -0.2) is 9.67 Å². The highest BCUT2D eigenvalue weighted by atomic mass is 79.9. The van der Waals surface area contributed by atoms with Crippen molar-refractivity contribution in [2.45, 2.75) is 6.54 Å². The van der Waals surface area contributed by atoms with Gasteiger partial charge in [0.25, 0.3) is 5.91 Å². The molecule has 0 aliphatic rings. The van der Waals surface area contributed by atoms with E-state index in [1.807, 2.05) is 24.4 Å². The zero-order valence-electron chi connectivity index (χ0n) is 10.9. The lowest BCUT2D eigenvalue weighted by Gasteiger charge is -2.05. The summed E-state index contributed by atoms with van der Waals surface area (Å²) < 4.78 is 7.38. The second-order valence-electron chi connectivity index (χ2n) is 4.26. The number of furan rings is 1. The Kier molecular flexibility index (Phi) is 3.83. The fourth-order valence-corrected chi connectivity index (χ4v) is 2.11. The topological polar surface area (TPSA) is 73.0 Å². The second-order valence-corrected chi connectivity index (χ2v) is 5.04. The van der Waals surface area contributed by atoms with Gasteiger partial charge < -0.3 is 9.73 Å². The predicted octanol–water partition coefficient (Wildman–Crippen LogP) is 2.55. The van der Waals surface area contributed by atoms with Gasteiger partial charge in [-0.15, -0.1) is 0 Å². The molecular formula is C14H11BrN4O2. The van der Waals surface area contributed by atoms with Crippen LogP contribution in [0.1, 0.15) is 16.1 Å². The number of nitrogens with one attached hydrogen (secondary N) is 1. The molecule has 106 valence electrons. The Labute approximate surface area is 128 Å². The molecule has 0 saturated carbocycles. The molecule has 0 atom stereocenters. The van der Waals surface area contributed by atoms with Crippen molar-refractivity contribution < 1.29 is 9.21 Å². The van der Waals surface area contributed by atoms with Crippen molar-refractivity contribution in [2.24, 2.45) is 0 Å². The summed E-state index contributed by atoms with van der Waals surface area (Å²) in [6.07, 6.45) is 5.18. The number of carbonyl (C=O) groups is 1. The highest BCUT2D eigenvalue weighted by Gasteiger charge is 2.10. The van der Waals surface area contributed by atoms with E-state index in [1.54, 1.807) is 29.2 Å². The van der Waals surface area contributed by atoms with Crippen LogP contribution in [0.4, 0.5) is 0 Å². The maximum Gasteiger partial charge on any atom is 0.287 e. The summed E-state index contributed by atoms with van der Waals surface area (Å²) in [6, 6.07) is 8.82. The van der Waals surface area contributed by atoms with E-state index in [-0.39, 0.29) is 11.7 Å². The van der Waals surface area contributed by atoms with Gasteiger partial charge in [0.15, 0.2) is 16.2 Å². The highest BCUT2D eigenvalue weighted by molar-refractivity contribution is 9.10. The van der Waals surface area contributed by atoms with E-state index in [0.29, 0.717) is 17.0 Å². The van der Waals surface area contributed by atoms with Gasteiger partial charge in [-0.2, -0.15) is 5.10 Å². The average Bonchev–Trinajstić information content (AvgIpc) is 3.16. The largest absolute Gasteiger partial charge is 0.444 e. The first-order valence-corrected chi connectivity index (χ1v) is 7.00. The number of halogens is 1. The number of hydrogen-bond donors (Lipinski definition) is 1. The lowest BCUT2D eigenvalue weighted by Crippen LogP contribution is -2.22. The van der Waals surface area contributed by atoms with E-state index in [1.165, 1.54) is 0 Å². The van der Waals surface area contributed by atoms with Crippen LogP contribution in [-0.2, 0) is 6.54 Å². The summed E-state index contributed by atoms with van der Waals surface area (Å²) in [7, 11) is 0. The van der Waals surface area contributed by atoms with E-state index < -0.39 is 0 Å². The van der Waals surface area contributed by atoms with Crippen LogP contribution in [-0.4, -0.2) is 20.7 Å². The summed E-state index contributed by atoms with van der Waals surface area (Å²) in [6.45, 7) is 0.383. The maximum absolute atomic E-state index is 11.9. The molecule has 0 aromatic carbocycles. The Hall–Kier alpha value is -2.41. The van der Waals surface area contributed by atoms with Crippen molar-refractivity contribution in [3.63, 3.8) is 0 Å². The molecule has 6 nitrogen and oxygen atoms in total. The number of hydrogen-bond acceptors (Lipinski definition) is 4. The number of nitrogens with zero attached hydrogens (tertiary/aromatic N) is 3. The normalized spacial score (nSPS) is 10.5. The second kappa shape index (κ2) is 5.92. The number of aromatic nitrogens is 3. The molecule has 0 aliphatic carbocycles.